The number of hydrogen-bond acceptors (Lipinski definition) is 3. The van der Waals surface area contributed by atoms with E-state index in [0.717, 1.165) is 25.5 Å². The maximum Gasteiger partial charge on any atom is 0.0704 e. The fourth-order valence-corrected chi connectivity index (χ4v) is 3.26. The van der Waals surface area contributed by atoms with Gasteiger partial charge in [-0.15, -0.1) is 0 Å². The zero-order valence-corrected chi connectivity index (χ0v) is 14.9. The fourth-order valence-electron chi connectivity index (χ4n) is 3.26. The second-order valence-electron chi connectivity index (χ2n) is 6.61. The predicted molar refractivity (Wildman–Crippen MR) is 91.8 cm³/mol. The highest BCUT2D eigenvalue weighted by atomic mass is 16.5. The van der Waals surface area contributed by atoms with Crippen LogP contribution in [0.2, 0.25) is 0 Å². The molecule has 1 heterocycles. The van der Waals surface area contributed by atoms with Gasteiger partial charge in [-0.1, -0.05) is 40.5 Å². The van der Waals surface area contributed by atoms with Crippen molar-refractivity contribution in [2.75, 3.05) is 20.3 Å². The minimum Gasteiger partial charge on any atom is -0.382 e. The van der Waals surface area contributed by atoms with E-state index in [4.69, 9.17) is 9.84 Å². The zero-order valence-electron chi connectivity index (χ0n) is 14.9. The minimum absolute atomic E-state index is 0.489. The van der Waals surface area contributed by atoms with Gasteiger partial charge in [0.1, 0.15) is 0 Å². The molecule has 1 saturated heterocycles. The molecule has 0 amide bonds. The molecule has 3 nitrogen and oxygen atoms in total. The molecule has 0 aromatic rings. The van der Waals surface area contributed by atoms with Crippen LogP contribution in [0.5, 0.6) is 0 Å². The first-order chi connectivity index (χ1) is 10.2. The van der Waals surface area contributed by atoms with Gasteiger partial charge in [-0.3, -0.25) is 5.01 Å². The van der Waals surface area contributed by atoms with Gasteiger partial charge in [0.2, 0.25) is 0 Å². The molecule has 0 bridgehead atoms. The number of nitrogens with zero attached hydrogens (tertiary/aromatic N) is 2. The summed E-state index contributed by atoms with van der Waals surface area (Å²) in [6.07, 6.45) is 8.58. The van der Waals surface area contributed by atoms with E-state index in [-0.39, 0.29) is 0 Å². The van der Waals surface area contributed by atoms with Crippen molar-refractivity contribution in [1.82, 2.24) is 5.01 Å². The molecule has 0 aromatic heterocycles. The van der Waals surface area contributed by atoms with Gasteiger partial charge in [-0.25, -0.2) is 0 Å². The van der Waals surface area contributed by atoms with Gasteiger partial charge in [-0.05, 0) is 43.9 Å². The topological polar surface area (TPSA) is 24.8 Å². The molecule has 1 rings (SSSR count). The molecule has 1 aliphatic heterocycles. The van der Waals surface area contributed by atoms with E-state index < -0.39 is 0 Å². The number of hydrazone groups is 1. The van der Waals surface area contributed by atoms with E-state index in [1.807, 2.05) is 0 Å². The van der Waals surface area contributed by atoms with Crippen LogP contribution in [0.15, 0.2) is 5.10 Å². The SMILES string of the molecule is CCC/C(=N\N1CCC[C@H]1COC)[C@@H](CC)C[C@@H](C)CC. The summed E-state index contributed by atoms with van der Waals surface area (Å²) < 4.78 is 5.36. The summed E-state index contributed by atoms with van der Waals surface area (Å²) in [5.74, 6) is 1.45. The molecular weight excluding hydrogens is 260 g/mol. The summed E-state index contributed by atoms with van der Waals surface area (Å²) in [4.78, 5) is 0. The molecule has 0 spiro atoms. The van der Waals surface area contributed by atoms with Crippen LogP contribution in [0.1, 0.15) is 72.6 Å². The monoisotopic (exact) mass is 296 g/mol. The standard InChI is InChI=1S/C18H36N2O/c1-6-10-18(16(8-3)13-15(4)7-2)19-20-12-9-11-17(20)14-21-5/h15-17H,6-14H2,1-5H3/b19-18+/t15-,16-,17-/m0/s1. The third-order valence-electron chi connectivity index (χ3n) is 4.82. The summed E-state index contributed by atoms with van der Waals surface area (Å²) in [5, 5.41) is 7.41. The molecule has 0 N–H and O–H groups in total. The Kier molecular flexibility index (Phi) is 8.98. The quantitative estimate of drug-likeness (QED) is 0.545. The molecule has 0 aromatic carbocycles. The first-order valence-corrected chi connectivity index (χ1v) is 8.99. The van der Waals surface area contributed by atoms with E-state index >= 15 is 0 Å². The molecule has 1 fully saturated rings. The van der Waals surface area contributed by atoms with Gasteiger partial charge in [0.15, 0.2) is 0 Å². The van der Waals surface area contributed by atoms with Crippen LogP contribution in [-0.2, 0) is 4.74 Å². The Labute approximate surface area is 132 Å². The van der Waals surface area contributed by atoms with Gasteiger partial charge < -0.3 is 4.74 Å². The van der Waals surface area contributed by atoms with Crippen molar-refractivity contribution in [3.05, 3.63) is 0 Å². The molecular formula is C18H36N2O. The molecule has 0 radical (unpaired) electrons. The van der Waals surface area contributed by atoms with Gasteiger partial charge in [-0.2, -0.15) is 5.10 Å². The molecule has 3 heteroatoms. The summed E-state index contributed by atoms with van der Waals surface area (Å²) in [7, 11) is 1.80. The summed E-state index contributed by atoms with van der Waals surface area (Å²) in [6, 6.07) is 0.489. The average molecular weight is 296 g/mol. The Morgan fingerprint density at radius 2 is 2.05 bits per heavy atom. The highest BCUT2D eigenvalue weighted by Crippen LogP contribution is 2.24. The van der Waals surface area contributed by atoms with Crippen LogP contribution < -0.4 is 0 Å². The Balaban J connectivity index is 2.79. The normalized spacial score (nSPS) is 22.6. The van der Waals surface area contributed by atoms with Gasteiger partial charge in [0.05, 0.1) is 12.6 Å². The van der Waals surface area contributed by atoms with Crippen LogP contribution in [0, 0.1) is 11.8 Å². The summed E-state index contributed by atoms with van der Waals surface area (Å²) in [5.41, 5.74) is 1.43. The highest BCUT2D eigenvalue weighted by molar-refractivity contribution is 5.86. The van der Waals surface area contributed by atoms with Gasteiger partial charge in [0, 0.05) is 19.4 Å². The molecule has 3 atom stereocenters. The Hall–Kier alpha value is -0.570. The highest BCUT2D eigenvalue weighted by Gasteiger charge is 2.25. The summed E-state index contributed by atoms with van der Waals surface area (Å²) in [6.45, 7) is 11.2. The molecule has 0 unspecified atom stereocenters. The third kappa shape index (κ3) is 5.98. The minimum atomic E-state index is 0.489. The van der Waals surface area contributed by atoms with E-state index in [2.05, 4.69) is 32.7 Å². The van der Waals surface area contributed by atoms with Crippen molar-refractivity contribution in [3.8, 4) is 0 Å². The maximum absolute atomic E-state index is 5.36. The fraction of sp³-hybridized carbons (Fsp3) is 0.944. The van der Waals surface area contributed by atoms with Crippen LogP contribution in [0.4, 0.5) is 0 Å². The van der Waals surface area contributed by atoms with Crippen molar-refractivity contribution < 1.29 is 4.74 Å². The van der Waals surface area contributed by atoms with E-state index in [0.29, 0.717) is 12.0 Å². The number of methoxy groups -OCH3 is 1. The second kappa shape index (κ2) is 10.2. The molecule has 21 heavy (non-hydrogen) atoms. The van der Waals surface area contributed by atoms with Crippen LogP contribution in [0.25, 0.3) is 0 Å². The van der Waals surface area contributed by atoms with Crippen molar-refractivity contribution >= 4 is 5.71 Å². The van der Waals surface area contributed by atoms with Crippen LogP contribution >= 0.6 is 0 Å². The van der Waals surface area contributed by atoms with Crippen molar-refractivity contribution in [2.24, 2.45) is 16.9 Å². The molecule has 1 aliphatic rings. The van der Waals surface area contributed by atoms with Gasteiger partial charge in [0.25, 0.3) is 0 Å². The van der Waals surface area contributed by atoms with Crippen LogP contribution in [0.3, 0.4) is 0 Å². The lowest BCUT2D eigenvalue weighted by molar-refractivity contribution is 0.117. The number of rotatable bonds is 10. The van der Waals surface area contributed by atoms with Crippen molar-refractivity contribution in [1.29, 1.82) is 0 Å². The number of ether oxygens (including phenoxy) is 1. The number of hydrogen-bond donors (Lipinski definition) is 0. The summed E-state index contributed by atoms with van der Waals surface area (Å²) >= 11 is 0. The van der Waals surface area contributed by atoms with E-state index in [1.165, 1.54) is 44.2 Å². The molecule has 0 saturated carbocycles. The average Bonchev–Trinajstić information content (AvgIpc) is 2.91. The largest absolute Gasteiger partial charge is 0.382 e. The lowest BCUT2D eigenvalue weighted by Gasteiger charge is -2.26. The van der Waals surface area contributed by atoms with Crippen molar-refractivity contribution in [2.45, 2.75) is 78.7 Å². The second-order valence-corrected chi connectivity index (χ2v) is 6.61. The van der Waals surface area contributed by atoms with Crippen LogP contribution in [-0.4, -0.2) is 37.0 Å². The Morgan fingerprint density at radius 1 is 1.29 bits per heavy atom. The Bertz CT molecular complexity index is 304. The van der Waals surface area contributed by atoms with E-state index in [1.54, 1.807) is 7.11 Å². The molecule has 124 valence electrons. The zero-order chi connectivity index (χ0) is 15.7. The lowest BCUT2D eigenvalue weighted by Crippen LogP contribution is -2.31. The third-order valence-corrected chi connectivity index (χ3v) is 4.82. The smallest absolute Gasteiger partial charge is 0.0704 e. The predicted octanol–water partition coefficient (Wildman–Crippen LogP) is 4.72. The first-order valence-electron chi connectivity index (χ1n) is 8.99. The lowest BCUT2D eigenvalue weighted by atomic mass is 9.87. The maximum atomic E-state index is 5.36. The van der Waals surface area contributed by atoms with E-state index in [9.17, 15) is 0 Å². The Morgan fingerprint density at radius 3 is 2.62 bits per heavy atom. The van der Waals surface area contributed by atoms with Crippen molar-refractivity contribution in [3.63, 3.8) is 0 Å². The first kappa shape index (κ1) is 18.5. The molecule has 0 aliphatic carbocycles. The van der Waals surface area contributed by atoms with Gasteiger partial charge >= 0.3 is 0 Å².